The molecule has 1 aromatic rings. The monoisotopic (exact) mass is 227 g/mol. The third-order valence-electron chi connectivity index (χ3n) is 2.66. The Kier molecular flexibility index (Phi) is 3.20. The van der Waals surface area contributed by atoms with Crippen molar-refractivity contribution in [3.63, 3.8) is 0 Å². The second kappa shape index (κ2) is 4.80. The molecule has 0 aromatic carbocycles. The van der Waals surface area contributed by atoms with Gasteiger partial charge in [-0.2, -0.15) is 10.5 Å². The Hall–Kier alpha value is -2.14. The van der Waals surface area contributed by atoms with Gasteiger partial charge in [0.25, 0.3) is 0 Å². The molecule has 0 aliphatic heterocycles. The Morgan fingerprint density at radius 1 is 1.41 bits per heavy atom. The molecule has 1 aliphatic carbocycles. The van der Waals surface area contributed by atoms with Crippen LogP contribution in [0.3, 0.4) is 0 Å². The van der Waals surface area contributed by atoms with E-state index in [9.17, 15) is 0 Å². The van der Waals surface area contributed by atoms with E-state index in [4.69, 9.17) is 10.5 Å². The van der Waals surface area contributed by atoms with Crippen molar-refractivity contribution in [1.82, 2.24) is 9.97 Å². The van der Waals surface area contributed by atoms with Crippen LogP contribution in [-0.2, 0) is 0 Å². The van der Waals surface area contributed by atoms with E-state index < -0.39 is 5.92 Å². The molecule has 1 N–H and O–H groups in total. The molecule has 1 saturated carbocycles. The third-order valence-corrected chi connectivity index (χ3v) is 2.66. The molecule has 0 unspecified atom stereocenters. The van der Waals surface area contributed by atoms with Crippen molar-refractivity contribution in [3.8, 4) is 12.1 Å². The summed E-state index contributed by atoms with van der Waals surface area (Å²) in [6, 6.07) is 5.60. The van der Waals surface area contributed by atoms with Gasteiger partial charge in [0.2, 0.25) is 0 Å². The maximum atomic E-state index is 8.82. The lowest BCUT2D eigenvalue weighted by atomic mass is 10.2. The summed E-state index contributed by atoms with van der Waals surface area (Å²) in [5, 5.41) is 20.9. The number of nitriles is 2. The first kappa shape index (κ1) is 11.3. The van der Waals surface area contributed by atoms with E-state index in [1.807, 2.05) is 25.1 Å². The topological polar surface area (TPSA) is 85.4 Å². The van der Waals surface area contributed by atoms with Crippen LogP contribution < -0.4 is 5.32 Å². The minimum atomic E-state index is -0.892. The van der Waals surface area contributed by atoms with Gasteiger partial charge in [0.1, 0.15) is 5.82 Å². The Labute approximate surface area is 100 Å². The molecule has 2 rings (SSSR count). The first-order valence-corrected chi connectivity index (χ1v) is 5.61. The zero-order valence-electron chi connectivity index (χ0n) is 9.64. The molecular formula is C12H13N5. The summed E-state index contributed by atoms with van der Waals surface area (Å²) in [6.45, 7) is 2.74. The predicted molar refractivity (Wildman–Crippen MR) is 61.9 cm³/mol. The van der Waals surface area contributed by atoms with E-state index in [1.165, 1.54) is 12.8 Å². The van der Waals surface area contributed by atoms with Gasteiger partial charge in [-0.15, -0.1) is 0 Å². The fourth-order valence-corrected chi connectivity index (χ4v) is 1.53. The van der Waals surface area contributed by atoms with Gasteiger partial charge in [-0.1, -0.05) is 0 Å². The lowest BCUT2D eigenvalue weighted by Gasteiger charge is -2.07. The Morgan fingerprint density at radius 3 is 2.71 bits per heavy atom. The minimum Gasteiger partial charge on any atom is -0.370 e. The van der Waals surface area contributed by atoms with Gasteiger partial charge in [0, 0.05) is 18.3 Å². The van der Waals surface area contributed by atoms with E-state index in [0.29, 0.717) is 5.82 Å². The molecule has 0 saturated heterocycles. The predicted octanol–water partition coefficient (Wildman–Crippen LogP) is 1.74. The highest BCUT2D eigenvalue weighted by molar-refractivity contribution is 5.38. The molecule has 1 aliphatic rings. The number of hydrogen-bond acceptors (Lipinski definition) is 5. The average Bonchev–Trinajstić information content (AvgIpc) is 3.11. The van der Waals surface area contributed by atoms with Crippen molar-refractivity contribution in [2.75, 3.05) is 11.9 Å². The molecule has 5 heteroatoms. The van der Waals surface area contributed by atoms with Crippen molar-refractivity contribution in [2.24, 2.45) is 5.92 Å². The van der Waals surface area contributed by atoms with Crippen molar-refractivity contribution in [2.45, 2.75) is 25.7 Å². The highest BCUT2D eigenvalue weighted by atomic mass is 15.0. The molecule has 0 bridgehead atoms. The molecule has 1 heterocycles. The van der Waals surface area contributed by atoms with Crippen molar-refractivity contribution >= 4 is 5.82 Å². The van der Waals surface area contributed by atoms with Gasteiger partial charge in [0.15, 0.2) is 11.7 Å². The number of nitrogens with zero attached hydrogens (tertiary/aromatic N) is 4. The molecule has 0 radical (unpaired) electrons. The lowest BCUT2D eigenvalue weighted by Crippen LogP contribution is -2.09. The summed E-state index contributed by atoms with van der Waals surface area (Å²) < 4.78 is 0. The number of anilines is 1. The fraction of sp³-hybridized carbons (Fsp3) is 0.500. The first-order chi connectivity index (χ1) is 8.22. The largest absolute Gasteiger partial charge is 0.370 e. The Balaban J connectivity index is 2.16. The van der Waals surface area contributed by atoms with Gasteiger partial charge in [-0.3, -0.25) is 0 Å². The number of nitrogens with one attached hydrogen (secondary N) is 1. The first-order valence-electron chi connectivity index (χ1n) is 5.61. The van der Waals surface area contributed by atoms with Gasteiger partial charge in [-0.25, -0.2) is 9.97 Å². The molecular weight excluding hydrogens is 214 g/mol. The molecule has 1 fully saturated rings. The molecule has 17 heavy (non-hydrogen) atoms. The van der Waals surface area contributed by atoms with Crippen LogP contribution in [-0.4, -0.2) is 16.5 Å². The second-order valence-electron chi connectivity index (χ2n) is 4.27. The normalized spacial score (nSPS) is 14.1. The maximum Gasteiger partial charge on any atom is 0.192 e. The van der Waals surface area contributed by atoms with Crippen molar-refractivity contribution in [1.29, 1.82) is 10.5 Å². The van der Waals surface area contributed by atoms with Crippen LogP contribution in [0, 0.1) is 35.5 Å². The second-order valence-corrected chi connectivity index (χ2v) is 4.27. The Morgan fingerprint density at radius 2 is 2.12 bits per heavy atom. The summed E-state index contributed by atoms with van der Waals surface area (Å²) in [5.74, 6) is 0.844. The molecule has 0 amide bonds. The van der Waals surface area contributed by atoms with Crippen LogP contribution in [0.25, 0.3) is 0 Å². The number of aromatic nitrogens is 2. The number of rotatable bonds is 4. The standard InChI is InChI=1S/C12H13N5/c1-8-4-11(15-7-9-2-3-9)17-12(16-8)10(5-13)6-14/h4,9-10H,2-3,7H2,1H3,(H,15,16,17). The SMILES string of the molecule is Cc1cc(NCC2CC2)nc(C(C#N)C#N)n1. The zero-order chi connectivity index (χ0) is 12.3. The van der Waals surface area contributed by atoms with Crippen molar-refractivity contribution in [3.05, 3.63) is 17.6 Å². The quantitative estimate of drug-likeness (QED) is 0.846. The van der Waals surface area contributed by atoms with E-state index in [0.717, 1.165) is 18.2 Å². The van der Waals surface area contributed by atoms with Crippen LogP contribution in [0.5, 0.6) is 0 Å². The number of hydrogen-bond donors (Lipinski definition) is 1. The smallest absolute Gasteiger partial charge is 0.192 e. The van der Waals surface area contributed by atoms with Crippen LogP contribution in [0.15, 0.2) is 6.07 Å². The average molecular weight is 227 g/mol. The number of aryl methyl sites for hydroxylation is 1. The lowest BCUT2D eigenvalue weighted by molar-refractivity contribution is 0.860. The van der Waals surface area contributed by atoms with Gasteiger partial charge < -0.3 is 5.32 Å². The molecule has 86 valence electrons. The van der Waals surface area contributed by atoms with Gasteiger partial charge >= 0.3 is 0 Å². The minimum absolute atomic E-state index is 0.285. The Bertz CT molecular complexity index is 479. The van der Waals surface area contributed by atoms with E-state index >= 15 is 0 Å². The summed E-state index contributed by atoms with van der Waals surface area (Å²) in [4.78, 5) is 8.33. The zero-order valence-corrected chi connectivity index (χ0v) is 9.64. The van der Waals surface area contributed by atoms with E-state index in [2.05, 4.69) is 15.3 Å². The van der Waals surface area contributed by atoms with Crippen LogP contribution in [0.2, 0.25) is 0 Å². The summed E-state index contributed by atoms with van der Waals surface area (Å²) in [7, 11) is 0. The molecule has 5 nitrogen and oxygen atoms in total. The maximum absolute atomic E-state index is 8.82. The summed E-state index contributed by atoms with van der Waals surface area (Å²) >= 11 is 0. The molecule has 0 spiro atoms. The summed E-state index contributed by atoms with van der Waals surface area (Å²) in [6.07, 6.45) is 2.53. The highest BCUT2D eigenvalue weighted by Gasteiger charge is 2.21. The third kappa shape index (κ3) is 2.92. The van der Waals surface area contributed by atoms with E-state index in [-0.39, 0.29) is 5.82 Å². The molecule has 0 atom stereocenters. The van der Waals surface area contributed by atoms with Crippen LogP contribution in [0.1, 0.15) is 30.3 Å². The molecule has 1 aromatic heterocycles. The fourth-order valence-electron chi connectivity index (χ4n) is 1.53. The van der Waals surface area contributed by atoms with Crippen molar-refractivity contribution < 1.29 is 0 Å². The van der Waals surface area contributed by atoms with Gasteiger partial charge in [0.05, 0.1) is 12.1 Å². The van der Waals surface area contributed by atoms with Gasteiger partial charge in [-0.05, 0) is 25.7 Å². The summed E-state index contributed by atoms with van der Waals surface area (Å²) in [5.41, 5.74) is 0.767. The van der Waals surface area contributed by atoms with Crippen LogP contribution in [0.4, 0.5) is 5.82 Å². The van der Waals surface area contributed by atoms with Crippen LogP contribution >= 0.6 is 0 Å². The highest BCUT2D eigenvalue weighted by Crippen LogP contribution is 2.28. The van der Waals surface area contributed by atoms with E-state index in [1.54, 1.807) is 0 Å².